The van der Waals surface area contributed by atoms with Crippen molar-refractivity contribution >= 4 is 5.91 Å². The number of nitrogens with one attached hydrogen (secondary N) is 1. The monoisotopic (exact) mass is 245 g/mol. The molecule has 3 unspecified atom stereocenters. The molecule has 0 aromatic heterocycles. The lowest BCUT2D eigenvalue weighted by Gasteiger charge is -2.25. The Balaban J connectivity index is 2.56. The molecule has 0 saturated carbocycles. The van der Waals surface area contributed by atoms with Gasteiger partial charge in [-0.25, -0.2) is 0 Å². The van der Waals surface area contributed by atoms with Crippen LogP contribution in [0, 0.1) is 0 Å². The highest BCUT2D eigenvalue weighted by molar-refractivity contribution is 5.76. The zero-order valence-corrected chi connectivity index (χ0v) is 10.8. The van der Waals surface area contributed by atoms with Crippen molar-refractivity contribution in [2.75, 3.05) is 40.9 Å². The van der Waals surface area contributed by atoms with Crippen LogP contribution in [-0.4, -0.2) is 70.0 Å². The standard InChI is InChI=1S/C11H23N3O3/c1-13-11(15)4-8(5-12)14-6-9(16-2)10(7-14)17-3/h8-10H,4-7,12H2,1-3H3,(H,13,15). The molecule has 0 aromatic rings. The largest absolute Gasteiger partial charge is 0.377 e. The van der Waals surface area contributed by atoms with Crippen LogP contribution in [0.3, 0.4) is 0 Å². The number of likely N-dealkylation sites (tertiary alicyclic amines) is 1. The molecule has 6 nitrogen and oxygen atoms in total. The highest BCUT2D eigenvalue weighted by Gasteiger charge is 2.36. The molecule has 6 heteroatoms. The number of hydrogen-bond acceptors (Lipinski definition) is 5. The zero-order valence-electron chi connectivity index (χ0n) is 10.8. The highest BCUT2D eigenvalue weighted by atomic mass is 16.5. The first-order valence-electron chi connectivity index (χ1n) is 5.86. The average Bonchev–Trinajstić information content (AvgIpc) is 2.78. The molecule has 0 spiro atoms. The lowest BCUT2D eigenvalue weighted by Crippen LogP contribution is -2.43. The van der Waals surface area contributed by atoms with Crippen molar-refractivity contribution in [1.82, 2.24) is 10.2 Å². The van der Waals surface area contributed by atoms with Crippen LogP contribution < -0.4 is 11.1 Å². The molecule has 1 rings (SSSR count). The molecular formula is C11H23N3O3. The van der Waals surface area contributed by atoms with Crippen LogP contribution in [0.1, 0.15) is 6.42 Å². The van der Waals surface area contributed by atoms with Crippen molar-refractivity contribution in [3.8, 4) is 0 Å². The Hall–Kier alpha value is -0.690. The summed E-state index contributed by atoms with van der Waals surface area (Å²) < 4.78 is 10.7. The molecule has 0 bridgehead atoms. The second-order valence-corrected chi connectivity index (χ2v) is 4.27. The second-order valence-electron chi connectivity index (χ2n) is 4.27. The number of carbonyl (C=O) groups excluding carboxylic acids is 1. The van der Waals surface area contributed by atoms with Gasteiger partial charge in [-0.15, -0.1) is 0 Å². The van der Waals surface area contributed by atoms with Crippen LogP contribution >= 0.6 is 0 Å². The summed E-state index contributed by atoms with van der Waals surface area (Å²) in [4.78, 5) is 13.5. The molecule has 1 aliphatic rings. The van der Waals surface area contributed by atoms with Gasteiger partial charge in [0, 0.05) is 53.4 Å². The van der Waals surface area contributed by atoms with E-state index in [1.165, 1.54) is 0 Å². The quantitative estimate of drug-likeness (QED) is 0.614. The third-order valence-corrected chi connectivity index (χ3v) is 3.34. The molecule has 0 aromatic carbocycles. The lowest BCUT2D eigenvalue weighted by atomic mass is 10.1. The van der Waals surface area contributed by atoms with E-state index in [1.54, 1.807) is 21.3 Å². The topological polar surface area (TPSA) is 76.8 Å². The van der Waals surface area contributed by atoms with Gasteiger partial charge in [-0.2, -0.15) is 0 Å². The normalized spacial score (nSPS) is 27.1. The molecule has 1 amide bonds. The Kier molecular flexibility index (Phi) is 5.84. The van der Waals surface area contributed by atoms with Gasteiger partial charge in [0.25, 0.3) is 0 Å². The maximum atomic E-state index is 11.4. The van der Waals surface area contributed by atoms with E-state index in [2.05, 4.69) is 10.2 Å². The summed E-state index contributed by atoms with van der Waals surface area (Å²) in [6.07, 6.45) is 0.525. The van der Waals surface area contributed by atoms with Gasteiger partial charge in [0.2, 0.25) is 5.91 Å². The molecule has 100 valence electrons. The summed E-state index contributed by atoms with van der Waals surface area (Å²) in [6.45, 7) is 1.97. The maximum absolute atomic E-state index is 11.4. The second kappa shape index (κ2) is 6.90. The fourth-order valence-corrected chi connectivity index (χ4v) is 2.20. The fourth-order valence-electron chi connectivity index (χ4n) is 2.20. The van der Waals surface area contributed by atoms with E-state index < -0.39 is 0 Å². The molecule has 1 aliphatic heterocycles. The number of nitrogens with two attached hydrogens (primary N) is 1. The zero-order chi connectivity index (χ0) is 12.8. The van der Waals surface area contributed by atoms with Crippen molar-refractivity contribution in [3.05, 3.63) is 0 Å². The molecular weight excluding hydrogens is 222 g/mol. The molecule has 17 heavy (non-hydrogen) atoms. The Bertz CT molecular complexity index is 238. The Morgan fingerprint density at radius 3 is 2.29 bits per heavy atom. The Labute approximate surface area is 102 Å². The third kappa shape index (κ3) is 3.64. The number of carbonyl (C=O) groups is 1. The molecule has 1 saturated heterocycles. The van der Waals surface area contributed by atoms with Crippen LogP contribution in [0.2, 0.25) is 0 Å². The van der Waals surface area contributed by atoms with Crippen LogP contribution in [0.25, 0.3) is 0 Å². The summed E-state index contributed by atoms with van der Waals surface area (Å²) >= 11 is 0. The number of nitrogens with zero attached hydrogens (tertiary/aromatic N) is 1. The molecule has 1 heterocycles. The summed E-state index contributed by atoms with van der Waals surface area (Å²) in [5, 5.41) is 2.62. The molecule has 3 N–H and O–H groups in total. The molecule has 3 atom stereocenters. The first-order chi connectivity index (χ1) is 8.15. The van der Waals surface area contributed by atoms with E-state index in [1.807, 2.05) is 0 Å². The van der Waals surface area contributed by atoms with Crippen molar-refractivity contribution in [2.24, 2.45) is 5.73 Å². The van der Waals surface area contributed by atoms with Crippen LogP contribution in [0.15, 0.2) is 0 Å². The first-order valence-corrected chi connectivity index (χ1v) is 5.86. The number of rotatable bonds is 6. The number of hydrogen-bond donors (Lipinski definition) is 2. The van der Waals surface area contributed by atoms with Gasteiger partial charge in [0.1, 0.15) is 0 Å². The van der Waals surface area contributed by atoms with Gasteiger partial charge >= 0.3 is 0 Å². The fraction of sp³-hybridized carbons (Fsp3) is 0.909. The van der Waals surface area contributed by atoms with Crippen molar-refractivity contribution in [1.29, 1.82) is 0 Å². The summed E-state index contributed by atoms with van der Waals surface area (Å²) in [5.41, 5.74) is 5.73. The lowest BCUT2D eigenvalue weighted by molar-refractivity contribution is -0.121. The van der Waals surface area contributed by atoms with Crippen LogP contribution in [0.4, 0.5) is 0 Å². The van der Waals surface area contributed by atoms with Gasteiger partial charge in [-0.1, -0.05) is 0 Å². The first kappa shape index (κ1) is 14.4. The molecule has 0 radical (unpaired) electrons. The van der Waals surface area contributed by atoms with Gasteiger partial charge < -0.3 is 20.5 Å². The number of ether oxygens (including phenoxy) is 2. The SMILES string of the molecule is CNC(=O)CC(CN)N1CC(OC)C(OC)C1. The predicted octanol–water partition coefficient (Wildman–Crippen LogP) is -1.20. The van der Waals surface area contributed by atoms with Crippen molar-refractivity contribution in [3.63, 3.8) is 0 Å². The van der Waals surface area contributed by atoms with Gasteiger partial charge in [-0.05, 0) is 0 Å². The number of amides is 1. The van der Waals surface area contributed by atoms with E-state index in [4.69, 9.17) is 15.2 Å². The van der Waals surface area contributed by atoms with Gasteiger partial charge in [0.05, 0.1) is 12.2 Å². The predicted molar refractivity (Wildman–Crippen MR) is 64.7 cm³/mol. The minimum Gasteiger partial charge on any atom is -0.377 e. The van der Waals surface area contributed by atoms with E-state index in [-0.39, 0.29) is 24.2 Å². The van der Waals surface area contributed by atoms with E-state index in [9.17, 15) is 4.79 Å². The minimum absolute atomic E-state index is 0.00952. The molecule has 0 aliphatic carbocycles. The Morgan fingerprint density at radius 2 is 1.94 bits per heavy atom. The van der Waals surface area contributed by atoms with Crippen molar-refractivity contribution < 1.29 is 14.3 Å². The minimum atomic E-state index is 0.00952. The third-order valence-electron chi connectivity index (χ3n) is 3.34. The van der Waals surface area contributed by atoms with E-state index >= 15 is 0 Å². The smallest absolute Gasteiger partial charge is 0.221 e. The van der Waals surface area contributed by atoms with Crippen LogP contribution in [-0.2, 0) is 14.3 Å². The highest BCUT2D eigenvalue weighted by Crippen LogP contribution is 2.19. The van der Waals surface area contributed by atoms with E-state index in [0.29, 0.717) is 13.0 Å². The van der Waals surface area contributed by atoms with Crippen LogP contribution in [0.5, 0.6) is 0 Å². The summed E-state index contributed by atoms with van der Waals surface area (Å²) in [5.74, 6) is 0.00952. The average molecular weight is 245 g/mol. The Morgan fingerprint density at radius 1 is 1.41 bits per heavy atom. The maximum Gasteiger partial charge on any atom is 0.221 e. The molecule has 1 fully saturated rings. The summed E-state index contributed by atoms with van der Waals surface area (Å²) in [7, 11) is 4.99. The van der Waals surface area contributed by atoms with E-state index in [0.717, 1.165) is 13.1 Å². The van der Waals surface area contributed by atoms with Gasteiger partial charge in [0.15, 0.2) is 0 Å². The number of methoxy groups -OCH3 is 2. The summed E-state index contributed by atoms with van der Waals surface area (Å²) in [6, 6.07) is 0.0488. The van der Waals surface area contributed by atoms with Gasteiger partial charge in [-0.3, -0.25) is 9.69 Å². The van der Waals surface area contributed by atoms with Crippen molar-refractivity contribution in [2.45, 2.75) is 24.7 Å².